The first kappa shape index (κ1) is 17.4. The quantitative estimate of drug-likeness (QED) is 0.771. The van der Waals surface area contributed by atoms with Gasteiger partial charge in [-0.1, -0.05) is 27.7 Å². The van der Waals surface area contributed by atoms with Gasteiger partial charge in [-0.05, 0) is 29.6 Å². The molecule has 1 aromatic rings. The molecule has 1 unspecified atom stereocenters. The normalized spacial score (nSPS) is 24.5. The number of ether oxygens (including phenoxy) is 1. The Morgan fingerprint density at radius 1 is 1.38 bits per heavy atom. The third kappa shape index (κ3) is 2.86. The van der Waals surface area contributed by atoms with Crippen molar-refractivity contribution in [1.29, 1.82) is 0 Å². The zero-order valence-electron chi connectivity index (χ0n) is 15.2. The van der Waals surface area contributed by atoms with Gasteiger partial charge in [-0.15, -0.1) is 0 Å². The first-order valence-electron chi connectivity index (χ1n) is 8.93. The highest BCUT2D eigenvalue weighted by molar-refractivity contribution is 5.92. The Bertz CT molecular complexity index is 588. The van der Waals surface area contributed by atoms with E-state index in [0.717, 1.165) is 18.5 Å². The molecule has 4 N–H and O–H groups in total. The minimum absolute atomic E-state index is 0.0308. The molecule has 1 saturated carbocycles. The van der Waals surface area contributed by atoms with Gasteiger partial charge in [0.2, 0.25) is 5.91 Å². The van der Waals surface area contributed by atoms with Gasteiger partial charge in [-0.25, -0.2) is 0 Å². The summed E-state index contributed by atoms with van der Waals surface area (Å²) < 4.78 is 5.38. The van der Waals surface area contributed by atoms with Gasteiger partial charge in [0.1, 0.15) is 0 Å². The minimum Gasteiger partial charge on any atom is -0.381 e. The number of carbonyl (C=O) groups is 1. The van der Waals surface area contributed by atoms with E-state index in [-0.39, 0.29) is 22.7 Å². The molecule has 134 valence electrons. The third-order valence-corrected chi connectivity index (χ3v) is 6.61. The van der Waals surface area contributed by atoms with Gasteiger partial charge in [-0.2, -0.15) is 5.10 Å². The Kier molecular flexibility index (Phi) is 4.47. The fraction of sp³-hybridized carbons (Fsp3) is 0.778. The molecule has 0 spiro atoms. The average Bonchev–Trinajstić information content (AvgIpc) is 2.83. The van der Waals surface area contributed by atoms with Crippen LogP contribution in [-0.2, 0) is 9.53 Å². The van der Waals surface area contributed by atoms with E-state index >= 15 is 0 Å². The summed E-state index contributed by atoms with van der Waals surface area (Å²) in [6.07, 6.45) is 1.79. The van der Waals surface area contributed by atoms with Crippen LogP contribution >= 0.6 is 0 Å². The maximum atomic E-state index is 12.6. The molecule has 1 aliphatic heterocycles. The second kappa shape index (κ2) is 6.15. The predicted octanol–water partition coefficient (Wildman–Crippen LogP) is 2.50. The SMILES string of the molecule is CC1(C)C(c2cc(NC(=O)C(CN)C3CCOCC3)n[nH]2)C1(C)C. The number of carbonyl (C=O) groups excluding carboxylic acids is 1. The molecule has 1 aromatic heterocycles. The van der Waals surface area contributed by atoms with Crippen molar-refractivity contribution in [2.45, 2.75) is 46.5 Å². The van der Waals surface area contributed by atoms with Crippen molar-refractivity contribution in [1.82, 2.24) is 10.2 Å². The molecular weight excluding hydrogens is 304 g/mol. The number of aromatic nitrogens is 2. The summed E-state index contributed by atoms with van der Waals surface area (Å²) in [5, 5.41) is 10.3. The van der Waals surface area contributed by atoms with Crippen molar-refractivity contribution in [3.63, 3.8) is 0 Å². The van der Waals surface area contributed by atoms with E-state index < -0.39 is 0 Å². The molecular formula is C18H30N4O2. The Morgan fingerprint density at radius 2 is 2.00 bits per heavy atom. The van der Waals surface area contributed by atoms with Gasteiger partial charge in [0.05, 0.1) is 5.92 Å². The second-order valence-electron chi connectivity index (χ2n) is 8.37. The predicted molar refractivity (Wildman–Crippen MR) is 93.6 cm³/mol. The van der Waals surface area contributed by atoms with Crippen LogP contribution in [0.3, 0.4) is 0 Å². The molecule has 3 rings (SSSR count). The highest BCUT2D eigenvalue weighted by atomic mass is 16.5. The summed E-state index contributed by atoms with van der Waals surface area (Å²) in [7, 11) is 0. The molecule has 2 heterocycles. The highest BCUT2D eigenvalue weighted by Gasteiger charge is 2.65. The molecule has 1 amide bonds. The van der Waals surface area contributed by atoms with Crippen LogP contribution in [0.25, 0.3) is 0 Å². The third-order valence-electron chi connectivity index (χ3n) is 6.61. The van der Waals surface area contributed by atoms with Gasteiger partial charge < -0.3 is 15.8 Å². The van der Waals surface area contributed by atoms with Crippen LogP contribution in [-0.4, -0.2) is 35.9 Å². The fourth-order valence-electron chi connectivity index (χ4n) is 4.37. The molecule has 6 nitrogen and oxygen atoms in total. The molecule has 1 saturated heterocycles. The lowest BCUT2D eigenvalue weighted by Crippen LogP contribution is -2.37. The average molecular weight is 334 g/mol. The van der Waals surface area contributed by atoms with E-state index in [9.17, 15) is 4.79 Å². The summed E-state index contributed by atoms with van der Waals surface area (Å²) in [6.45, 7) is 10.9. The van der Waals surface area contributed by atoms with E-state index in [0.29, 0.717) is 37.4 Å². The van der Waals surface area contributed by atoms with Crippen LogP contribution in [0.2, 0.25) is 0 Å². The number of aromatic amines is 1. The van der Waals surface area contributed by atoms with Crippen molar-refractivity contribution >= 4 is 11.7 Å². The smallest absolute Gasteiger partial charge is 0.230 e. The van der Waals surface area contributed by atoms with Crippen LogP contribution in [0.15, 0.2) is 6.07 Å². The summed E-state index contributed by atoms with van der Waals surface area (Å²) in [6, 6.07) is 1.97. The number of amides is 1. The Balaban J connectivity index is 1.65. The number of hydrogen-bond donors (Lipinski definition) is 3. The number of nitrogens with zero attached hydrogens (tertiary/aromatic N) is 1. The van der Waals surface area contributed by atoms with Crippen molar-refractivity contribution < 1.29 is 9.53 Å². The van der Waals surface area contributed by atoms with E-state index in [1.165, 1.54) is 0 Å². The Hall–Kier alpha value is -1.40. The van der Waals surface area contributed by atoms with E-state index in [1.807, 2.05) is 6.07 Å². The first-order chi connectivity index (χ1) is 11.3. The molecule has 6 heteroatoms. The van der Waals surface area contributed by atoms with Gasteiger partial charge in [0.25, 0.3) is 0 Å². The van der Waals surface area contributed by atoms with Crippen LogP contribution in [0.4, 0.5) is 5.82 Å². The standard InChI is InChI=1S/C18H30N4O2/c1-17(2)15(18(17,3)4)13-9-14(22-21-13)20-16(23)12(10-19)11-5-7-24-8-6-11/h9,11-12,15H,5-8,10,19H2,1-4H3,(H2,20,21,22,23). The summed E-state index contributed by atoms with van der Waals surface area (Å²) in [5.41, 5.74) is 7.43. The highest BCUT2D eigenvalue weighted by Crippen LogP contribution is 2.73. The van der Waals surface area contributed by atoms with Crippen molar-refractivity contribution in [2.75, 3.05) is 25.1 Å². The van der Waals surface area contributed by atoms with Crippen molar-refractivity contribution in [3.05, 3.63) is 11.8 Å². The van der Waals surface area contributed by atoms with Crippen LogP contribution in [0.1, 0.15) is 52.1 Å². The van der Waals surface area contributed by atoms with Gasteiger partial charge in [0.15, 0.2) is 5.82 Å². The minimum atomic E-state index is -0.178. The lowest BCUT2D eigenvalue weighted by Gasteiger charge is -2.28. The first-order valence-corrected chi connectivity index (χ1v) is 8.93. The largest absolute Gasteiger partial charge is 0.381 e. The number of H-pyrrole nitrogens is 1. The number of hydrogen-bond acceptors (Lipinski definition) is 4. The monoisotopic (exact) mass is 334 g/mol. The zero-order chi connectivity index (χ0) is 17.5. The maximum absolute atomic E-state index is 12.6. The van der Waals surface area contributed by atoms with E-state index in [1.54, 1.807) is 0 Å². The molecule has 24 heavy (non-hydrogen) atoms. The lowest BCUT2D eigenvalue weighted by atomic mass is 9.85. The fourth-order valence-corrected chi connectivity index (χ4v) is 4.37. The number of rotatable bonds is 5. The van der Waals surface area contributed by atoms with Gasteiger partial charge in [-0.3, -0.25) is 9.89 Å². The van der Waals surface area contributed by atoms with E-state index in [2.05, 4.69) is 43.2 Å². The van der Waals surface area contributed by atoms with Crippen molar-refractivity contribution in [2.24, 2.45) is 28.4 Å². The Labute approximate surface area is 143 Å². The lowest BCUT2D eigenvalue weighted by molar-refractivity contribution is -0.122. The summed E-state index contributed by atoms with van der Waals surface area (Å²) in [4.78, 5) is 12.6. The molecule has 0 bridgehead atoms. The van der Waals surface area contributed by atoms with Crippen LogP contribution in [0.5, 0.6) is 0 Å². The molecule has 1 atom stereocenters. The van der Waals surface area contributed by atoms with E-state index in [4.69, 9.17) is 10.5 Å². The maximum Gasteiger partial charge on any atom is 0.230 e. The number of nitrogens with one attached hydrogen (secondary N) is 2. The van der Waals surface area contributed by atoms with Gasteiger partial charge in [0, 0.05) is 37.4 Å². The number of anilines is 1. The van der Waals surface area contributed by atoms with Crippen LogP contribution < -0.4 is 11.1 Å². The molecule has 0 aromatic carbocycles. The zero-order valence-corrected chi connectivity index (χ0v) is 15.2. The molecule has 2 fully saturated rings. The summed E-state index contributed by atoms with van der Waals surface area (Å²) in [5.74, 6) is 1.12. The molecule has 0 radical (unpaired) electrons. The van der Waals surface area contributed by atoms with Gasteiger partial charge >= 0.3 is 0 Å². The van der Waals surface area contributed by atoms with Crippen LogP contribution in [0, 0.1) is 22.7 Å². The van der Waals surface area contributed by atoms with Crippen molar-refractivity contribution in [3.8, 4) is 0 Å². The molecule has 2 aliphatic rings. The molecule has 1 aliphatic carbocycles. The number of nitrogens with two attached hydrogens (primary N) is 1. The second-order valence-corrected chi connectivity index (χ2v) is 8.37. The summed E-state index contributed by atoms with van der Waals surface area (Å²) >= 11 is 0. The topological polar surface area (TPSA) is 93.0 Å². The Morgan fingerprint density at radius 3 is 2.54 bits per heavy atom.